The molecule has 2 fully saturated rings. The van der Waals surface area contributed by atoms with Gasteiger partial charge >= 0.3 is 5.97 Å². The predicted molar refractivity (Wildman–Crippen MR) is 59.7 cm³/mol. The Labute approximate surface area is 92.1 Å². The summed E-state index contributed by atoms with van der Waals surface area (Å²) in [6.45, 7) is 0. The van der Waals surface area contributed by atoms with Crippen LogP contribution in [0.2, 0.25) is 0 Å². The van der Waals surface area contributed by atoms with Crippen LogP contribution in [0.4, 0.5) is 0 Å². The molecule has 0 amide bonds. The number of hydrogen-bond donors (Lipinski definition) is 1. The van der Waals surface area contributed by atoms with Crippen molar-refractivity contribution in [3.63, 3.8) is 0 Å². The fraction of sp³-hybridized carbons (Fsp3) is 0.923. The fourth-order valence-corrected chi connectivity index (χ4v) is 3.32. The van der Waals surface area contributed by atoms with Gasteiger partial charge in [0.2, 0.25) is 0 Å². The highest BCUT2D eigenvalue weighted by molar-refractivity contribution is 5.67. The monoisotopic (exact) mass is 210 g/mol. The number of carbonyl (C=O) groups is 1. The third-order valence-corrected chi connectivity index (χ3v) is 4.50. The second-order valence-electron chi connectivity index (χ2n) is 5.61. The lowest BCUT2D eigenvalue weighted by molar-refractivity contribution is -0.141. The maximum atomic E-state index is 10.8. The van der Waals surface area contributed by atoms with Crippen molar-refractivity contribution in [2.24, 2.45) is 11.3 Å². The third-order valence-electron chi connectivity index (χ3n) is 4.50. The summed E-state index contributed by atoms with van der Waals surface area (Å²) in [7, 11) is 0. The van der Waals surface area contributed by atoms with E-state index in [2.05, 4.69) is 0 Å². The van der Waals surface area contributed by atoms with Crippen molar-refractivity contribution in [1.82, 2.24) is 0 Å². The van der Waals surface area contributed by atoms with Gasteiger partial charge in [0.25, 0.3) is 0 Å². The van der Waals surface area contributed by atoms with E-state index < -0.39 is 5.97 Å². The minimum Gasteiger partial charge on any atom is -0.481 e. The first-order valence-electron chi connectivity index (χ1n) is 6.42. The SMILES string of the molecule is O=C(O)CC1(CCC2CCCC2)CCC1. The van der Waals surface area contributed by atoms with Crippen LogP contribution in [0.5, 0.6) is 0 Å². The number of carboxylic acid groups (broad SMARTS) is 1. The lowest BCUT2D eigenvalue weighted by Crippen LogP contribution is -2.32. The molecule has 0 heterocycles. The highest BCUT2D eigenvalue weighted by Gasteiger charge is 2.38. The Morgan fingerprint density at radius 3 is 2.33 bits per heavy atom. The van der Waals surface area contributed by atoms with Gasteiger partial charge in [-0.05, 0) is 37.0 Å². The molecule has 15 heavy (non-hydrogen) atoms. The maximum Gasteiger partial charge on any atom is 0.303 e. The molecule has 0 radical (unpaired) electrons. The Morgan fingerprint density at radius 1 is 1.20 bits per heavy atom. The molecule has 0 aliphatic heterocycles. The zero-order valence-corrected chi connectivity index (χ0v) is 9.50. The molecule has 2 nitrogen and oxygen atoms in total. The number of carboxylic acids is 1. The highest BCUT2D eigenvalue weighted by Crippen LogP contribution is 2.49. The predicted octanol–water partition coefficient (Wildman–Crippen LogP) is 3.60. The van der Waals surface area contributed by atoms with Gasteiger partial charge in [-0.1, -0.05) is 32.1 Å². The zero-order chi connectivity index (χ0) is 10.7. The largest absolute Gasteiger partial charge is 0.481 e. The lowest BCUT2D eigenvalue weighted by Gasteiger charge is -2.41. The van der Waals surface area contributed by atoms with Gasteiger partial charge in [0.15, 0.2) is 0 Å². The van der Waals surface area contributed by atoms with E-state index in [-0.39, 0.29) is 5.41 Å². The molecular weight excluding hydrogens is 188 g/mol. The van der Waals surface area contributed by atoms with Gasteiger partial charge in [-0.25, -0.2) is 0 Å². The summed E-state index contributed by atoms with van der Waals surface area (Å²) < 4.78 is 0. The van der Waals surface area contributed by atoms with Crippen LogP contribution < -0.4 is 0 Å². The van der Waals surface area contributed by atoms with Crippen LogP contribution >= 0.6 is 0 Å². The molecule has 0 aromatic heterocycles. The van der Waals surface area contributed by atoms with Crippen molar-refractivity contribution in [3.8, 4) is 0 Å². The Hall–Kier alpha value is -0.530. The molecule has 0 aromatic rings. The topological polar surface area (TPSA) is 37.3 Å². The first-order chi connectivity index (χ1) is 7.20. The Morgan fingerprint density at radius 2 is 1.87 bits per heavy atom. The van der Waals surface area contributed by atoms with Crippen molar-refractivity contribution < 1.29 is 9.90 Å². The molecule has 0 atom stereocenters. The second-order valence-corrected chi connectivity index (χ2v) is 5.61. The van der Waals surface area contributed by atoms with Gasteiger partial charge in [0, 0.05) is 0 Å². The Bertz CT molecular complexity index is 225. The van der Waals surface area contributed by atoms with Crippen LogP contribution in [-0.4, -0.2) is 11.1 Å². The average Bonchev–Trinajstić information content (AvgIpc) is 2.61. The van der Waals surface area contributed by atoms with Crippen LogP contribution in [0.3, 0.4) is 0 Å². The minimum atomic E-state index is -0.596. The first kappa shape index (κ1) is 11.0. The van der Waals surface area contributed by atoms with Crippen LogP contribution in [0.1, 0.15) is 64.2 Å². The number of rotatable bonds is 5. The van der Waals surface area contributed by atoms with E-state index in [4.69, 9.17) is 5.11 Å². The van der Waals surface area contributed by atoms with Gasteiger partial charge < -0.3 is 5.11 Å². The van der Waals surface area contributed by atoms with E-state index in [0.717, 1.165) is 18.8 Å². The van der Waals surface area contributed by atoms with Gasteiger partial charge in [-0.2, -0.15) is 0 Å². The van der Waals surface area contributed by atoms with E-state index in [1.165, 1.54) is 44.9 Å². The average molecular weight is 210 g/mol. The summed E-state index contributed by atoms with van der Waals surface area (Å²) in [6.07, 6.45) is 12.0. The van der Waals surface area contributed by atoms with Crippen LogP contribution in [0.25, 0.3) is 0 Å². The van der Waals surface area contributed by atoms with E-state index in [9.17, 15) is 4.79 Å². The van der Waals surface area contributed by atoms with Crippen LogP contribution in [0, 0.1) is 11.3 Å². The molecule has 0 bridgehead atoms. The second kappa shape index (κ2) is 4.54. The van der Waals surface area contributed by atoms with E-state index >= 15 is 0 Å². The molecule has 0 spiro atoms. The fourth-order valence-electron chi connectivity index (χ4n) is 3.32. The molecule has 2 saturated carbocycles. The van der Waals surface area contributed by atoms with Crippen molar-refractivity contribution in [2.45, 2.75) is 64.2 Å². The van der Waals surface area contributed by atoms with E-state index in [1.807, 2.05) is 0 Å². The minimum absolute atomic E-state index is 0.203. The van der Waals surface area contributed by atoms with Crippen molar-refractivity contribution in [2.75, 3.05) is 0 Å². The van der Waals surface area contributed by atoms with Gasteiger partial charge in [-0.15, -0.1) is 0 Å². The molecule has 2 rings (SSSR count). The van der Waals surface area contributed by atoms with Crippen molar-refractivity contribution >= 4 is 5.97 Å². The van der Waals surface area contributed by atoms with Crippen molar-refractivity contribution in [1.29, 1.82) is 0 Å². The Balaban J connectivity index is 1.77. The molecule has 0 unspecified atom stereocenters. The molecule has 86 valence electrons. The molecule has 2 aliphatic rings. The third kappa shape index (κ3) is 2.73. The molecule has 1 N–H and O–H groups in total. The summed E-state index contributed by atoms with van der Waals surface area (Å²) in [6, 6.07) is 0. The summed E-state index contributed by atoms with van der Waals surface area (Å²) in [5.41, 5.74) is 0.203. The lowest BCUT2D eigenvalue weighted by atomic mass is 9.63. The summed E-state index contributed by atoms with van der Waals surface area (Å²) in [4.78, 5) is 10.8. The number of aliphatic carboxylic acids is 1. The van der Waals surface area contributed by atoms with Crippen LogP contribution in [-0.2, 0) is 4.79 Å². The normalized spacial score (nSPS) is 25.1. The van der Waals surface area contributed by atoms with E-state index in [0.29, 0.717) is 6.42 Å². The first-order valence-corrected chi connectivity index (χ1v) is 6.42. The molecule has 0 saturated heterocycles. The molecular formula is C13H22O2. The zero-order valence-electron chi connectivity index (χ0n) is 9.50. The molecule has 0 aromatic carbocycles. The van der Waals surface area contributed by atoms with Gasteiger partial charge in [0.05, 0.1) is 6.42 Å². The van der Waals surface area contributed by atoms with E-state index in [1.54, 1.807) is 0 Å². The quantitative estimate of drug-likeness (QED) is 0.752. The standard InChI is InChI=1S/C13H22O2/c14-12(15)10-13(7-3-8-13)9-6-11-4-1-2-5-11/h11H,1-10H2,(H,14,15). The molecule has 2 heteroatoms. The summed E-state index contributed by atoms with van der Waals surface area (Å²) >= 11 is 0. The highest BCUT2D eigenvalue weighted by atomic mass is 16.4. The maximum absolute atomic E-state index is 10.8. The smallest absolute Gasteiger partial charge is 0.303 e. The van der Waals surface area contributed by atoms with Gasteiger partial charge in [-0.3, -0.25) is 4.79 Å². The molecule has 2 aliphatic carbocycles. The summed E-state index contributed by atoms with van der Waals surface area (Å²) in [5.74, 6) is 0.317. The van der Waals surface area contributed by atoms with Crippen molar-refractivity contribution in [3.05, 3.63) is 0 Å². The van der Waals surface area contributed by atoms with Gasteiger partial charge in [0.1, 0.15) is 0 Å². The number of hydrogen-bond acceptors (Lipinski definition) is 1. The Kier molecular flexibility index (Phi) is 3.32. The van der Waals surface area contributed by atoms with Crippen LogP contribution in [0.15, 0.2) is 0 Å². The summed E-state index contributed by atoms with van der Waals surface area (Å²) in [5, 5.41) is 8.91.